The van der Waals surface area contributed by atoms with Crippen molar-refractivity contribution in [3.05, 3.63) is 34.6 Å². The third kappa shape index (κ3) is 5.46. The Balaban J connectivity index is 2.16. The first-order valence-corrected chi connectivity index (χ1v) is 5.95. The Morgan fingerprint density at radius 3 is 2.94 bits per heavy atom. The summed E-state index contributed by atoms with van der Waals surface area (Å²) in [6.07, 6.45) is 0.822. The molecule has 0 aliphatic heterocycles. The highest BCUT2D eigenvalue weighted by atomic mass is 35.5. The van der Waals surface area contributed by atoms with E-state index in [1.54, 1.807) is 12.1 Å². The topological polar surface area (TPSA) is 41.5 Å². The second kappa shape index (κ2) is 8.42. The van der Waals surface area contributed by atoms with Gasteiger partial charge in [0.05, 0.1) is 18.2 Å². The number of aliphatic hydroxyl groups is 1. The summed E-state index contributed by atoms with van der Waals surface area (Å²) in [6, 6.07) is 4.96. The Hall–Kier alpha value is -0.680. The number of hydrogen-bond donors (Lipinski definition) is 2. The van der Waals surface area contributed by atoms with Crippen LogP contribution in [0.25, 0.3) is 0 Å². The quantitative estimate of drug-likeness (QED) is 0.703. The highest BCUT2D eigenvalue weighted by molar-refractivity contribution is 6.30. The first kappa shape index (κ1) is 14.4. The van der Waals surface area contributed by atoms with E-state index in [2.05, 4.69) is 5.32 Å². The molecule has 0 heterocycles. The Bertz CT molecular complexity index is 336. The molecule has 0 unspecified atom stereocenters. The largest absolute Gasteiger partial charge is 0.394 e. The van der Waals surface area contributed by atoms with E-state index in [-0.39, 0.29) is 17.4 Å². The van der Waals surface area contributed by atoms with Crippen LogP contribution in [0.3, 0.4) is 0 Å². The molecule has 0 radical (unpaired) electrons. The van der Waals surface area contributed by atoms with Gasteiger partial charge in [-0.25, -0.2) is 4.39 Å². The third-order valence-electron chi connectivity index (χ3n) is 2.22. The molecule has 0 saturated heterocycles. The molecular formula is C12H17ClFNO2. The third-order valence-corrected chi connectivity index (χ3v) is 2.52. The van der Waals surface area contributed by atoms with Crippen molar-refractivity contribution in [2.75, 3.05) is 26.4 Å². The lowest BCUT2D eigenvalue weighted by molar-refractivity contribution is 0.0907. The van der Waals surface area contributed by atoms with Crippen LogP contribution in [0.2, 0.25) is 5.02 Å². The smallest absolute Gasteiger partial charge is 0.146 e. The van der Waals surface area contributed by atoms with Crippen LogP contribution >= 0.6 is 11.6 Å². The first-order valence-electron chi connectivity index (χ1n) is 5.58. The van der Waals surface area contributed by atoms with Crippen molar-refractivity contribution in [2.24, 2.45) is 0 Å². The van der Waals surface area contributed by atoms with Gasteiger partial charge in [-0.2, -0.15) is 0 Å². The minimum absolute atomic E-state index is 0.0428. The maximum absolute atomic E-state index is 13.5. The highest BCUT2D eigenvalue weighted by Gasteiger charge is 2.04. The number of halogens is 2. The molecule has 0 aliphatic rings. The van der Waals surface area contributed by atoms with Gasteiger partial charge in [-0.05, 0) is 19.0 Å². The summed E-state index contributed by atoms with van der Waals surface area (Å²) >= 11 is 5.66. The predicted molar refractivity (Wildman–Crippen MR) is 65.6 cm³/mol. The summed E-state index contributed by atoms with van der Waals surface area (Å²) in [4.78, 5) is 0. The van der Waals surface area contributed by atoms with E-state index in [4.69, 9.17) is 21.4 Å². The van der Waals surface area contributed by atoms with Crippen molar-refractivity contribution in [1.82, 2.24) is 5.32 Å². The number of rotatable bonds is 8. The van der Waals surface area contributed by atoms with Gasteiger partial charge in [0.25, 0.3) is 0 Å². The highest BCUT2D eigenvalue weighted by Crippen LogP contribution is 2.17. The fourth-order valence-electron chi connectivity index (χ4n) is 1.37. The Morgan fingerprint density at radius 1 is 1.35 bits per heavy atom. The van der Waals surface area contributed by atoms with Crippen LogP contribution in [0.1, 0.15) is 12.0 Å². The van der Waals surface area contributed by atoms with E-state index < -0.39 is 0 Å². The van der Waals surface area contributed by atoms with E-state index >= 15 is 0 Å². The molecule has 17 heavy (non-hydrogen) atoms. The molecule has 1 aromatic carbocycles. The summed E-state index contributed by atoms with van der Waals surface area (Å²) in [5.74, 6) is -0.363. The van der Waals surface area contributed by atoms with Crippen LogP contribution in [-0.4, -0.2) is 31.5 Å². The molecule has 3 nitrogen and oxygen atoms in total. The minimum Gasteiger partial charge on any atom is -0.394 e. The summed E-state index contributed by atoms with van der Waals surface area (Å²) in [5, 5.41) is 11.7. The first-order chi connectivity index (χ1) is 8.25. The Morgan fingerprint density at radius 2 is 2.18 bits per heavy atom. The van der Waals surface area contributed by atoms with Gasteiger partial charge in [0, 0.05) is 18.7 Å². The van der Waals surface area contributed by atoms with Gasteiger partial charge < -0.3 is 15.2 Å². The summed E-state index contributed by atoms with van der Waals surface area (Å²) < 4.78 is 18.5. The zero-order valence-electron chi connectivity index (χ0n) is 9.59. The standard InChI is InChI=1S/C12H17ClFNO2/c13-11-4-1-3-10(12(11)14)9-15-5-2-7-17-8-6-16/h1,3-4,15-16H,2,5-9H2. The molecule has 1 aromatic rings. The number of benzene rings is 1. The maximum Gasteiger partial charge on any atom is 0.146 e. The number of ether oxygens (including phenoxy) is 1. The van der Waals surface area contributed by atoms with Crippen molar-refractivity contribution in [3.8, 4) is 0 Å². The lowest BCUT2D eigenvalue weighted by atomic mass is 10.2. The monoisotopic (exact) mass is 261 g/mol. The summed E-state index contributed by atoms with van der Waals surface area (Å²) in [6.45, 7) is 2.18. The average molecular weight is 262 g/mol. The van der Waals surface area contributed by atoms with Crippen LogP contribution in [0.15, 0.2) is 18.2 Å². The zero-order valence-corrected chi connectivity index (χ0v) is 10.3. The van der Waals surface area contributed by atoms with E-state index in [1.807, 2.05) is 0 Å². The fourth-order valence-corrected chi connectivity index (χ4v) is 1.57. The van der Waals surface area contributed by atoms with Crippen LogP contribution in [0.5, 0.6) is 0 Å². The molecule has 0 saturated carbocycles. The molecule has 0 bridgehead atoms. The van der Waals surface area contributed by atoms with Gasteiger partial charge in [-0.15, -0.1) is 0 Å². The molecule has 0 spiro atoms. The second-order valence-electron chi connectivity index (χ2n) is 3.58. The molecule has 0 aliphatic carbocycles. The molecule has 1 rings (SSSR count). The van der Waals surface area contributed by atoms with Crippen molar-refractivity contribution in [3.63, 3.8) is 0 Å². The lowest BCUT2D eigenvalue weighted by Gasteiger charge is -2.07. The SMILES string of the molecule is OCCOCCCNCc1cccc(Cl)c1F. The number of nitrogens with one attached hydrogen (secondary N) is 1. The second-order valence-corrected chi connectivity index (χ2v) is 3.99. The van der Waals surface area contributed by atoms with Crippen molar-refractivity contribution < 1.29 is 14.2 Å². The van der Waals surface area contributed by atoms with Gasteiger partial charge in [0.1, 0.15) is 5.82 Å². The molecule has 0 atom stereocenters. The summed E-state index contributed by atoms with van der Waals surface area (Å²) in [7, 11) is 0. The van der Waals surface area contributed by atoms with Gasteiger partial charge in [0.2, 0.25) is 0 Å². The van der Waals surface area contributed by atoms with Crippen LogP contribution in [0, 0.1) is 5.82 Å². The van der Waals surface area contributed by atoms with E-state index in [1.165, 1.54) is 6.07 Å². The lowest BCUT2D eigenvalue weighted by Crippen LogP contribution is -2.17. The van der Waals surface area contributed by atoms with Crippen LogP contribution in [-0.2, 0) is 11.3 Å². The Labute approximate surface area is 106 Å². The van der Waals surface area contributed by atoms with Gasteiger partial charge in [-0.1, -0.05) is 23.7 Å². The maximum atomic E-state index is 13.5. The zero-order chi connectivity index (χ0) is 12.5. The molecule has 5 heteroatoms. The molecule has 0 amide bonds. The van der Waals surface area contributed by atoms with Gasteiger partial charge in [0.15, 0.2) is 0 Å². The van der Waals surface area contributed by atoms with Crippen molar-refractivity contribution in [1.29, 1.82) is 0 Å². The van der Waals surface area contributed by atoms with E-state index in [9.17, 15) is 4.39 Å². The molecule has 0 fully saturated rings. The predicted octanol–water partition coefficient (Wildman–Crippen LogP) is 1.97. The minimum atomic E-state index is -0.363. The van der Waals surface area contributed by atoms with E-state index in [0.717, 1.165) is 13.0 Å². The van der Waals surface area contributed by atoms with Gasteiger partial charge in [-0.3, -0.25) is 0 Å². The van der Waals surface area contributed by atoms with Crippen LogP contribution in [0.4, 0.5) is 4.39 Å². The van der Waals surface area contributed by atoms with Crippen molar-refractivity contribution in [2.45, 2.75) is 13.0 Å². The number of hydrogen-bond acceptors (Lipinski definition) is 3. The normalized spacial score (nSPS) is 10.8. The fraction of sp³-hybridized carbons (Fsp3) is 0.500. The molecular weight excluding hydrogens is 245 g/mol. The van der Waals surface area contributed by atoms with Crippen molar-refractivity contribution >= 4 is 11.6 Å². The number of aliphatic hydroxyl groups excluding tert-OH is 1. The molecule has 0 aromatic heterocycles. The van der Waals surface area contributed by atoms with Gasteiger partial charge >= 0.3 is 0 Å². The van der Waals surface area contributed by atoms with Crippen LogP contribution < -0.4 is 5.32 Å². The molecule has 2 N–H and O–H groups in total. The van der Waals surface area contributed by atoms with E-state index in [0.29, 0.717) is 25.3 Å². The Kier molecular flexibility index (Phi) is 7.12. The average Bonchev–Trinajstić information content (AvgIpc) is 2.33. The summed E-state index contributed by atoms with van der Waals surface area (Å²) in [5.41, 5.74) is 0.564. The molecule has 96 valence electrons.